The van der Waals surface area contributed by atoms with Crippen molar-refractivity contribution >= 4 is 15.7 Å². The first-order valence-corrected chi connectivity index (χ1v) is 9.73. The van der Waals surface area contributed by atoms with Crippen LogP contribution in [0.4, 0.5) is 4.39 Å². The molecule has 0 radical (unpaired) electrons. The molecule has 9 heteroatoms. The maximum Gasteiger partial charge on any atom is 0.350 e. The van der Waals surface area contributed by atoms with E-state index in [1.807, 2.05) is 0 Å². The van der Waals surface area contributed by atoms with E-state index in [0.29, 0.717) is 18.7 Å². The quantitative estimate of drug-likeness (QED) is 0.691. The molecule has 1 saturated heterocycles. The van der Waals surface area contributed by atoms with Gasteiger partial charge in [0.05, 0.1) is 6.54 Å². The Morgan fingerprint density at radius 1 is 1.12 bits per heavy atom. The van der Waals surface area contributed by atoms with Gasteiger partial charge in [0.25, 0.3) is 0 Å². The average molecular weight is 376 g/mol. The highest BCUT2D eigenvalue weighted by Crippen LogP contribution is 2.23. The van der Waals surface area contributed by atoms with E-state index in [0.717, 1.165) is 17.5 Å². The van der Waals surface area contributed by atoms with Gasteiger partial charge in [-0.3, -0.25) is 0 Å². The molecule has 2 aromatic heterocycles. The summed E-state index contributed by atoms with van der Waals surface area (Å²) < 4.78 is 42.9. The highest BCUT2D eigenvalue weighted by molar-refractivity contribution is 7.89. The number of fused-ring (bicyclic) bond motifs is 1. The lowest BCUT2D eigenvalue weighted by molar-refractivity contribution is 0.477. The van der Waals surface area contributed by atoms with Crippen LogP contribution in [0.3, 0.4) is 0 Å². The molecule has 0 aliphatic carbocycles. The van der Waals surface area contributed by atoms with Crippen LogP contribution in [-0.2, 0) is 16.6 Å². The Hall–Kier alpha value is -2.52. The van der Waals surface area contributed by atoms with E-state index in [4.69, 9.17) is 0 Å². The molecule has 4 rings (SSSR count). The molecule has 0 bridgehead atoms. The molecule has 1 aromatic carbocycles. The average Bonchev–Trinajstić information content (AvgIpc) is 3.25. The van der Waals surface area contributed by atoms with Gasteiger partial charge in [0.1, 0.15) is 10.7 Å². The van der Waals surface area contributed by atoms with Crippen molar-refractivity contribution < 1.29 is 12.8 Å². The lowest BCUT2D eigenvalue weighted by Gasteiger charge is -2.15. The van der Waals surface area contributed by atoms with Gasteiger partial charge in [0.15, 0.2) is 5.65 Å². The number of halogens is 1. The molecule has 136 valence electrons. The fourth-order valence-corrected chi connectivity index (χ4v) is 4.83. The third-order valence-electron chi connectivity index (χ3n) is 4.48. The lowest BCUT2D eigenvalue weighted by atomic mass is 10.2. The lowest BCUT2D eigenvalue weighted by Crippen LogP contribution is -2.28. The number of sulfonamides is 1. The predicted octanol–water partition coefficient (Wildman–Crippen LogP) is 1.47. The van der Waals surface area contributed by atoms with Gasteiger partial charge >= 0.3 is 5.69 Å². The zero-order valence-electron chi connectivity index (χ0n) is 13.9. The summed E-state index contributed by atoms with van der Waals surface area (Å²) >= 11 is 0. The van der Waals surface area contributed by atoms with Gasteiger partial charge < -0.3 is 0 Å². The summed E-state index contributed by atoms with van der Waals surface area (Å²) in [6.45, 7) is 0.997. The Balaban J connectivity index is 1.81. The first-order valence-electron chi connectivity index (χ1n) is 8.29. The monoisotopic (exact) mass is 376 g/mol. The number of pyridine rings is 1. The number of nitrogens with zero attached hydrogens (tertiary/aromatic N) is 4. The Morgan fingerprint density at radius 3 is 2.62 bits per heavy atom. The van der Waals surface area contributed by atoms with E-state index >= 15 is 0 Å². The molecule has 3 heterocycles. The van der Waals surface area contributed by atoms with Crippen molar-refractivity contribution in [2.45, 2.75) is 24.3 Å². The maximum atomic E-state index is 13.4. The molecule has 1 fully saturated rings. The summed E-state index contributed by atoms with van der Waals surface area (Å²) in [5, 5.41) is 4.21. The summed E-state index contributed by atoms with van der Waals surface area (Å²) in [5.74, 6) is -0.406. The molecule has 0 N–H and O–H groups in total. The molecule has 0 atom stereocenters. The van der Waals surface area contributed by atoms with E-state index in [1.165, 1.54) is 39.2 Å². The molecule has 26 heavy (non-hydrogen) atoms. The van der Waals surface area contributed by atoms with Crippen LogP contribution in [0.1, 0.15) is 18.4 Å². The van der Waals surface area contributed by atoms with Gasteiger partial charge in [-0.15, -0.1) is 5.10 Å². The Kier molecular flexibility index (Phi) is 4.12. The van der Waals surface area contributed by atoms with Crippen molar-refractivity contribution in [1.29, 1.82) is 0 Å². The predicted molar refractivity (Wildman–Crippen MR) is 92.9 cm³/mol. The van der Waals surface area contributed by atoms with Crippen LogP contribution >= 0.6 is 0 Å². The molecule has 1 aliphatic heterocycles. The van der Waals surface area contributed by atoms with Crippen molar-refractivity contribution in [3.63, 3.8) is 0 Å². The van der Waals surface area contributed by atoms with E-state index in [2.05, 4.69) is 5.10 Å². The van der Waals surface area contributed by atoms with Crippen LogP contribution in [-0.4, -0.2) is 40.0 Å². The molecule has 3 aromatic rings. The standard InChI is InChI=1S/C17H17FN4O3S/c18-14-6-3-5-13(11-14)12-22-17(23)21-10-4-7-15(16(21)19-22)26(24,25)20-8-1-2-9-20/h3-7,10-11H,1-2,8-9,12H2. The smallest absolute Gasteiger partial charge is 0.249 e. The largest absolute Gasteiger partial charge is 0.350 e. The van der Waals surface area contributed by atoms with Crippen LogP contribution in [0.15, 0.2) is 52.3 Å². The molecule has 0 unspecified atom stereocenters. The van der Waals surface area contributed by atoms with E-state index in [9.17, 15) is 17.6 Å². The SMILES string of the molecule is O=c1n(Cc2cccc(F)c2)nc2c(S(=O)(=O)N3CCCC3)cccn12. The summed E-state index contributed by atoms with van der Waals surface area (Å²) in [4.78, 5) is 12.6. The van der Waals surface area contributed by atoms with Crippen molar-refractivity contribution in [2.24, 2.45) is 0 Å². The topological polar surface area (TPSA) is 76.7 Å². The summed E-state index contributed by atoms with van der Waals surface area (Å²) in [6.07, 6.45) is 3.13. The van der Waals surface area contributed by atoms with Crippen molar-refractivity contribution in [2.75, 3.05) is 13.1 Å². The van der Waals surface area contributed by atoms with E-state index < -0.39 is 21.5 Å². The number of hydrogen-bond donors (Lipinski definition) is 0. The maximum absolute atomic E-state index is 13.4. The minimum Gasteiger partial charge on any atom is -0.249 e. The van der Waals surface area contributed by atoms with Crippen LogP contribution in [0.2, 0.25) is 0 Å². The minimum absolute atomic E-state index is 0.0111. The zero-order valence-corrected chi connectivity index (χ0v) is 14.7. The number of rotatable bonds is 4. The van der Waals surface area contributed by atoms with Crippen LogP contribution in [0.5, 0.6) is 0 Å². The highest BCUT2D eigenvalue weighted by atomic mass is 32.2. The Bertz CT molecular complexity index is 1130. The molecular weight excluding hydrogens is 359 g/mol. The fourth-order valence-electron chi connectivity index (χ4n) is 3.19. The molecule has 7 nitrogen and oxygen atoms in total. The molecule has 1 aliphatic rings. The highest BCUT2D eigenvalue weighted by Gasteiger charge is 2.30. The molecule has 0 amide bonds. The summed E-state index contributed by atoms with van der Waals surface area (Å²) in [6, 6.07) is 8.85. The second-order valence-corrected chi connectivity index (χ2v) is 8.15. The molecule has 0 spiro atoms. The molecule has 0 saturated carbocycles. The van der Waals surface area contributed by atoms with Crippen LogP contribution < -0.4 is 5.69 Å². The second kappa shape index (κ2) is 6.33. The number of benzene rings is 1. The second-order valence-electron chi connectivity index (χ2n) is 6.25. The first-order chi connectivity index (χ1) is 12.5. The van der Waals surface area contributed by atoms with Gasteiger partial charge in [-0.1, -0.05) is 12.1 Å². The van der Waals surface area contributed by atoms with Crippen molar-refractivity contribution in [1.82, 2.24) is 18.5 Å². The fraction of sp³-hybridized carbons (Fsp3) is 0.294. The number of aromatic nitrogens is 3. The third-order valence-corrected chi connectivity index (χ3v) is 6.40. The van der Waals surface area contributed by atoms with Gasteiger partial charge in [-0.05, 0) is 42.7 Å². The molecular formula is C17H17FN4O3S. The van der Waals surface area contributed by atoms with Crippen LogP contribution in [0, 0.1) is 5.82 Å². The minimum atomic E-state index is -3.71. The van der Waals surface area contributed by atoms with Gasteiger partial charge in [-0.2, -0.15) is 4.31 Å². The summed E-state index contributed by atoms with van der Waals surface area (Å²) in [5.41, 5.74) is 0.183. The van der Waals surface area contributed by atoms with Gasteiger partial charge in [0, 0.05) is 19.3 Å². The normalized spacial score (nSPS) is 15.7. The third kappa shape index (κ3) is 2.82. The Morgan fingerprint density at radius 2 is 1.88 bits per heavy atom. The summed E-state index contributed by atoms with van der Waals surface area (Å²) in [7, 11) is -3.71. The van der Waals surface area contributed by atoms with E-state index in [1.54, 1.807) is 12.1 Å². The van der Waals surface area contributed by atoms with Gasteiger partial charge in [0.2, 0.25) is 10.0 Å². The Labute approximate surface area is 149 Å². The zero-order chi connectivity index (χ0) is 18.3. The van der Waals surface area contributed by atoms with Crippen LogP contribution in [0.25, 0.3) is 5.65 Å². The van der Waals surface area contributed by atoms with Crippen molar-refractivity contribution in [3.05, 3.63) is 64.5 Å². The van der Waals surface area contributed by atoms with Gasteiger partial charge in [-0.25, -0.2) is 26.7 Å². The van der Waals surface area contributed by atoms with E-state index in [-0.39, 0.29) is 17.1 Å². The number of hydrogen-bond acceptors (Lipinski definition) is 4. The van der Waals surface area contributed by atoms with Crippen molar-refractivity contribution in [3.8, 4) is 0 Å². The first kappa shape index (κ1) is 16.9.